The first-order valence-electron chi connectivity index (χ1n) is 4.39. The van der Waals surface area contributed by atoms with Crippen LogP contribution in [-0.2, 0) is 12.6 Å². The fourth-order valence-corrected chi connectivity index (χ4v) is 1.38. The molecule has 1 N–H and O–H groups in total. The van der Waals surface area contributed by atoms with Gasteiger partial charge < -0.3 is 9.67 Å². The van der Waals surface area contributed by atoms with Crippen molar-refractivity contribution in [2.45, 2.75) is 25.4 Å². The number of aliphatic hydroxyl groups is 1. The summed E-state index contributed by atoms with van der Waals surface area (Å²) in [6.45, 7) is 5.41. The van der Waals surface area contributed by atoms with E-state index in [0.29, 0.717) is 12.2 Å². The summed E-state index contributed by atoms with van der Waals surface area (Å²) in [5.74, 6) is 0.703. The lowest BCUT2D eigenvalue weighted by molar-refractivity contribution is 0.0368. The lowest BCUT2D eigenvalue weighted by Gasteiger charge is -2.21. The summed E-state index contributed by atoms with van der Waals surface area (Å²) in [6, 6.07) is 0. The van der Waals surface area contributed by atoms with Crippen LogP contribution in [0, 0.1) is 0 Å². The van der Waals surface area contributed by atoms with Crippen LogP contribution < -0.4 is 0 Å². The number of rotatable bonds is 4. The third kappa shape index (κ3) is 2.18. The van der Waals surface area contributed by atoms with Gasteiger partial charge in [0.25, 0.3) is 0 Å². The van der Waals surface area contributed by atoms with Gasteiger partial charge in [0, 0.05) is 19.4 Å². The van der Waals surface area contributed by atoms with E-state index in [-0.39, 0.29) is 0 Å². The van der Waals surface area contributed by atoms with Gasteiger partial charge in [-0.3, -0.25) is 0 Å². The Morgan fingerprint density at radius 2 is 2.46 bits per heavy atom. The van der Waals surface area contributed by atoms with E-state index in [0.717, 1.165) is 6.42 Å². The summed E-state index contributed by atoms with van der Waals surface area (Å²) in [6.07, 6.45) is 6.77. The van der Waals surface area contributed by atoms with Crippen molar-refractivity contribution in [1.29, 1.82) is 0 Å². The molecule has 13 heavy (non-hydrogen) atoms. The second-order valence-corrected chi connectivity index (χ2v) is 3.46. The maximum atomic E-state index is 10.1. The normalized spacial score (nSPS) is 15.3. The molecule has 0 aliphatic carbocycles. The first kappa shape index (κ1) is 9.99. The Morgan fingerprint density at radius 1 is 1.77 bits per heavy atom. The molecule has 0 spiro atoms. The van der Waals surface area contributed by atoms with Crippen LogP contribution in [0.3, 0.4) is 0 Å². The zero-order valence-electron chi connectivity index (χ0n) is 8.20. The zero-order chi connectivity index (χ0) is 9.90. The first-order chi connectivity index (χ1) is 6.08. The minimum Gasteiger partial charge on any atom is -0.382 e. The van der Waals surface area contributed by atoms with Crippen LogP contribution in [0.2, 0.25) is 0 Å². The Hall–Kier alpha value is -1.09. The second-order valence-electron chi connectivity index (χ2n) is 3.46. The fourth-order valence-electron chi connectivity index (χ4n) is 1.38. The quantitative estimate of drug-likeness (QED) is 0.714. The molecule has 0 fully saturated rings. The third-order valence-electron chi connectivity index (χ3n) is 2.14. The third-order valence-corrected chi connectivity index (χ3v) is 2.14. The fraction of sp³-hybridized carbons (Fsp3) is 0.500. The Balaban J connectivity index is 2.80. The van der Waals surface area contributed by atoms with Crippen molar-refractivity contribution in [2.75, 3.05) is 0 Å². The van der Waals surface area contributed by atoms with E-state index in [9.17, 15) is 5.11 Å². The SMILES string of the molecule is C=CCCC(C)(O)c1nccn1C. The molecule has 3 heteroatoms. The number of allylic oxidation sites excluding steroid dienone is 1. The van der Waals surface area contributed by atoms with E-state index in [1.54, 1.807) is 19.2 Å². The molecule has 0 amide bonds. The summed E-state index contributed by atoms with van der Waals surface area (Å²) < 4.78 is 1.84. The van der Waals surface area contributed by atoms with Gasteiger partial charge >= 0.3 is 0 Å². The van der Waals surface area contributed by atoms with Gasteiger partial charge in [-0.05, 0) is 19.8 Å². The number of aromatic nitrogens is 2. The standard InChI is InChI=1S/C10H16N2O/c1-4-5-6-10(2,13)9-11-7-8-12(9)3/h4,7-8,13H,1,5-6H2,2-3H3. The molecule has 0 aliphatic heterocycles. The highest BCUT2D eigenvalue weighted by Gasteiger charge is 2.25. The van der Waals surface area contributed by atoms with Gasteiger partial charge in [0.05, 0.1) is 0 Å². The molecule has 72 valence electrons. The van der Waals surface area contributed by atoms with Crippen LogP contribution in [0.1, 0.15) is 25.6 Å². The summed E-state index contributed by atoms with van der Waals surface area (Å²) in [7, 11) is 1.88. The molecular formula is C10H16N2O. The smallest absolute Gasteiger partial charge is 0.140 e. The minimum absolute atomic E-state index is 0.654. The molecule has 1 atom stereocenters. The summed E-state index contributed by atoms with van der Waals surface area (Å²) in [4.78, 5) is 4.12. The largest absolute Gasteiger partial charge is 0.382 e. The highest BCUT2D eigenvalue weighted by molar-refractivity contribution is 5.02. The summed E-state index contributed by atoms with van der Waals surface area (Å²) in [5.41, 5.74) is -0.855. The molecule has 0 saturated heterocycles. The van der Waals surface area contributed by atoms with E-state index in [1.807, 2.05) is 17.8 Å². The Labute approximate surface area is 78.7 Å². The molecule has 3 nitrogen and oxygen atoms in total. The maximum Gasteiger partial charge on any atom is 0.140 e. The molecule has 0 bridgehead atoms. The van der Waals surface area contributed by atoms with Crippen LogP contribution in [0.4, 0.5) is 0 Å². The van der Waals surface area contributed by atoms with Gasteiger partial charge in [0.15, 0.2) is 0 Å². The van der Waals surface area contributed by atoms with Crippen LogP contribution >= 0.6 is 0 Å². The van der Waals surface area contributed by atoms with E-state index in [2.05, 4.69) is 11.6 Å². The predicted molar refractivity (Wildman–Crippen MR) is 52.2 cm³/mol. The Kier molecular flexibility index (Phi) is 2.88. The van der Waals surface area contributed by atoms with Crippen LogP contribution in [-0.4, -0.2) is 14.7 Å². The molecular weight excluding hydrogens is 164 g/mol. The van der Waals surface area contributed by atoms with E-state index < -0.39 is 5.60 Å². The highest BCUT2D eigenvalue weighted by atomic mass is 16.3. The molecule has 1 unspecified atom stereocenters. The molecule has 0 radical (unpaired) electrons. The van der Waals surface area contributed by atoms with Crippen molar-refractivity contribution in [1.82, 2.24) is 9.55 Å². The average molecular weight is 180 g/mol. The van der Waals surface area contributed by atoms with Crippen molar-refractivity contribution < 1.29 is 5.11 Å². The van der Waals surface area contributed by atoms with Gasteiger partial charge in [-0.2, -0.15) is 0 Å². The van der Waals surface area contributed by atoms with Crippen LogP contribution in [0.25, 0.3) is 0 Å². The summed E-state index contributed by atoms with van der Waals surface area (Å²) in [5, 5.41) is 10.1. The van der Waals surface area contributed by atoms with Gasteiger partial charge in [0.2, 0.25) is 0 Å². The second kappa shape index (κ2) is 3.75. The molecule has 0 aliphatic rings. The minimum atomic E-state index is -0.855. The number of hydrogen-bond donors (Lipinski definition) is 1. The topological polar surface area (TPSA) is 38.1 Å². The zero-order valence-corrected chi connectivity index (χ0v) is 8.20. The van der Waals surface area contributed by atoms with Gasteiger partial charge in [0.1, 0.15) is 11.4 Å². The average Bonchev–Trinajstić information content (AvgIpc) is 2.48. The lowest BCUT2D eigenvalue weighted by atomic mass is 9.99. The molecule has 0 saturated carbocycles. The molecule has 1 aromatic rings. The number of imidazole rings is 1. The van der Waals surface area contributed by atoms with Crippen molar-refractivity contribution >= 4 is 0 Å². The number of aryl methyl sites for hydroxylation is 1. The Bertz CT molecular complexity index is 289. The number of nitrogens with zero attached hydrogens (tertiary/aromatic N) is 2. The predicted octanol–water partition coefficient (Wildman–Crippen LogP) is 1.59. The molecule has 1 rings (SSSR count). The van der Waals surface area contributed by atoms with Crippen LogP contribution in [0.5, 0.6) is 0 Å². The maximum absolute atomic E-state index is 10.1. The van der Waals surface area contributed by atoms with Crippen molar-refractivity contribution in [3.8, 4) is 0 Å². The van der Waals surface area contributed by atoms with Crippen molar-refractivity contribution in [3.05, 3.63) is 30.9 Å². The van der Waals surface area contributed by atoms with Crippen molar-refractivity contribution in [2.24, 2.45) is 7.05 Å². The Morgan fingerprint density at radius 3 is 2.92 bits per heavy atom. The van der Waals surface area contributed by atoms with Crippen LogP contribution in [0.15, 0.2) is 25.0 Å². The van der Waals surface area contributed by atoms with Gasteiger partial charge in [-0.1, -0.05) is 6.08 Å². The van der Waals surface area contributed by atoms with E-state index in [4.69, 9.17) is 0 Å². The molecule has 1 heterocycles. The van der Waals surface area contributed by atoms with E-state index in [1.165, 1.54) is 0 Å². The lowest BCUT2D eigenvalue weighted by Crippen LogP contribution is -2.25. The first-order valence-corrected chi connectivity index (χ1v) is 4.39. The van der Waals surface area contributed by atoms with E-state index >= 15 is 0 Å². The molecule has 1 aromatic heterocycles. The highest BCUT2D eigenvalue weighted by Crippen LogP contribution is 2.23. The number of hydrogen-bond acceptors (Lipinski definition) is 2. The van der Waals surface area contributed by atoms with Crippen molar-refractivity contribution in [3.63, 3.8) is 0 Å². The van der Waals surface area contributed by atoms with Gasteiger partial charge in [-0.15, -0.1) is 6.58 Å². The monoisotopic (exact) mass is 180 g/mol. The van der Waals surface area contributed by atoms with Gasteiger partial charge in [-0.25, -0.2) is 4.98 Å². The summed E-state index contributed by atoms with van der Waals surface area (Å²) >= 11 is 0. The molecule has 0 aromatic carbocycles.